The number of amides is 2. The highest BCUT2D eigenvalue weighted by molar-refractivity contribution is 5.91. The summed E-state index contributed by atoms with van der Waals surface area (Å²) in [6.45, 7) is 6.87. The van der Waals surface area contributed by atoms with Crippen molar-refractivity contribution < 1.29 is 14.3 Å². The van der Waals surface area contributed by atoms with Crippen LogP contribution in [0.25, 0.3) is 0 Å². The normalized spacial score (nSPS) is 10.7. The monoisotopic (exact) mass is 417 g/mol. The number of nitrogens with zero attached hydrogens (tertiary/aromatic N) is 1. The van der Waals surface area contributed by atoms with Crippen molar-refractivity contribution in [1.82, 2.24) is 5.43 Å². The largest absolute Gasteiger partial charge is 0.490 e. The average molecular weight is 418 g/mol. The van der Waals surface area contributed by atoms with Gasteiger partial charge in [0.05, 0.1) is 12.8 Å². The van der Waals surface area contributed by atoms with E-state index in [1.807, 2.05) is 68.4 Å². The fourth-order valence-corrected chi connectivity index (χ4v) is 2.87. The Hall–Kier alpha value is -3.80. The zero-order valence-electron chi connectivity index (χ0n) is 18.0. The Labute approximate surface area is 182 Å². The van der Waals surface area contributed by atoms with E-state index in [-0.39, 0.29) is 0 Å². The minimum absolute atomic E-state index is 0.409. The van der Waals surface area contributed by atoms with Crippen LogP contribution in [0, 0.1) is 13.8 Å². The third kappa shape index (κ3) is 6.60. The van der Waals surface area contributed by atoms with Gasteiger partial charge in [-0.3, -0.25) is 0 Å². The number of urea groups is 1. The molecule has 0 bridgehead atoms. The van der Waals surface area contributed by atoms with Crippen molar-refractivity contribution in [2.45, 2.75) is 27.4 Å². The maximum Gasteiger partial charge on any atom is 0.339 e. The van der Waals surface area contributed by atoms with E-state index in [2.05, 4.69) is 34.9 Å². The molecule has 6 nitrogen and oxygen atoms in total. The second kappa shape index (κ2) is 10.8. The van der Waals surface area contributed by atoms with E-state index in [0.717, 1.165) is 22.4 Å². The summed E-state index contributed by atoms with van der Waals surface area (Å²) in [6.07, 6.45) is 1.56. The molecule has 0 aliphatic heterocycles. The molecule has 0 aromatic heterocycles. The number of anilines is 1. The third-order valence-electron chi connectivity index (χ3n) is 4.56. The van der Waals surface area contributed by atoms with Crippen LogP contribution in [-0.2, 0) is 6.61 Å². The highest BCUT2D eigenvalue weighted by atomic mass is 16.5. The molecule has 2 N–H and O–H groups in total. The first-order valence-electron chi connectivity index (χ1n) is 10.2. The van der Waals surface area contributed by atoms with Crippen molar-refractivity contribution in [3.8, 4) is 11.5 Å². The van der Waals surface area contributed by atoms with E-state index in [1.54, 1.807) is 6.21 Å². The number of benzene rings is 3. The van der Waals surface area contributed by atoms with E-state index in [0.29, 0.717) is 24.7 Å². The van der Waals surface area contributed by atoms with Gasteiger partial charge < -0.3 is 14.8 Å². The van der Waals surface area contributed by atoms with E-state index in [9.17, 15) is 4.79 Å². The van der Waals surface area contributed by atoms with Gasteiger partial charge in [-0.15, -0.1) is 0 Å². The predicted molar refractivity (Wildman–Crippen MR) is 124 cm³/mol. The van der Waals surface area contributed by atoms with Crippen LogP contribution in [0.4, 0.5) is 10.5 Å². The molecular weight excluding hydrogens is 390 g/mol. The molecule has 3 rings (SSSR count). The number of aryl methyl sites for hydroxylation is 2. The smallest absolute Gasteiger partial charge is 0.339 e. The van der Waals surface area contributed by atoms with Crippen LogP contribution in [0.5, 0.6) is 11.5 Å². The number of carbonyl (C=O) groups is 1. The van der Waals surface area contributed by atoms with Crippen LogP contribution < -0.4 is 20.2 Å². The Kier molecular flexibility index (Phi) is 7.65. The predicted octanol–water partition coefficient (Wildman–Crippen LogP) is 5.44. The van der Waals surface area contributed by atoms with Crippen molar-refractivity contribution >= 4 is 17.9 Å². The second-order valence-electron chi connectivity index (χ2n) is 7.05. The number of carbonyl (C=O) groups excluding carboxylic acids is 1. The van der Waals surface area contributed by atoms with Gasteiger partial charge in [0.25, 0.3) is 0 Å². The highest BCUT2D eigenvalue weighted by Gasteiger charge is 2.07. The van der Waals surface area contributed by atoms with Gasteiger partial charge >= 0.3 is 6.03 Å². The molecule has 2 amide bonds. The SMILES string of the molecule is CCOc1cc(C=NNC(=O)Nc2ccccc2C)ccc1OCc1ccc(C)cc1. The number of hydrogen-bond donors (Lipinski definition) is 2. The summed E-state index contributed by atoms with van der Waals surface area (Å²) in [4.78, 5) is 12.0. The molecule has 3 aromatic rings. The minimum Gasteiger partial charge on any atom is -0.490 e. The molecule has 0 aliphatic carbocycles. The Balaban J connectivity index is 1.60. The zero-order chi connectivity index (χ0) is 22.1. The lowest BCUT2D eigenvalue weighted by Crippen LogP contribution is -2.24. The molecule has 0 saturated heterocycles. The second-order valence-corrected chi connectivity index (χ2v) is 7.05. The molecule has 3 aromatic carbocycles. The van der Waals surface area contributed by atoms with Crippen molar-refractivity contribution in [1.29, 1.82) is 0 Å². The minimum atomic E-state index is -0.409. The summed E-state index contributed by atoms with van der Waals surface area (Å²) in [5, 5.41) is 6.78. The average Bonchev–Trinajstić information content (AvgIpc) is 2.76. The summed E-state index contributed by atoms with van der Waals surface area (Å²) in [7, 11) is 0. The van der Waals surface area contributed by atoms with Crippen LogP contribution in [0.1, 0.15) is 29.2 Å². The molecule has 0 unspecified atom stereocenters. The summed E-state index contributed by atoms with van der Waals surface area (Å²) in [6, 6.07) is 20.9. The highest BCUT2D eigenvalue weighted by Crippen LogP contribution is 2.29. The number of nitrogens with one attached hydrogen (secondary N) is 2. The van der Waals surface area contributed by atoms with Gasteiger partial charge in [0.15, 0.2) is 11.5 Å². The van der Waals surface area contributed by atoms with Crippen LogP contribution in [0.15, 0.2) is 71.8 Å². The lowest BCUT2D eigenvalue weighted by Gasteiger charge is -2.13. The van der Waals surface area contributed by atoms with Crippen LogP contribution >= 0.6 is 0 Å². The molecule has 0 heterocycles. The molecule has 0 atom stereocenters. The first kappa shape index (κ1) is 21.9. The van der Waals surface area contributed by atoms with Gasteiger partial charge in [0.2, 0.25) is 0 Å². The van der Waals surface area contributed by atoms with Gasteiger partial charge in [-0.25, -0.2) is 10.2 Å². The van der Waals surface area contributed by atoms with Crippen molar-refractivity contribution in [2.24, 2.45) is 5.10 Å². The van der Waals surface area contributed by atoms with E-state index >= 15 is 0 Å². The van der Waals surface area contributed by atoms with E-state index < -0.39 is 6.03 Å². The van der Waals surface area contributed by atoms with Gasteiger partial charge in [-0.1, -0.05) is 48.0 Å². The maximum absolute atomic E-state index is 12.0. The maximum atomic E-state index is 12.0. The summed E-state index contributed by atoms with van der Waals surface area (Å²) < 4.78 is 11.7. The van der Waals surface area contributed by atoms with Crippen LogP contribution in [-0.4, -0.2) is 18.9 Å². The lowest BCUT2D eigenvalue weighted by atomic mass is 10.2. The Morgan fingerprint density at radius 3 is 2.48 bits per heavy atom. The number of ether oxygens (including phenoxy) is 2. The third-order valence-corrected chi connectivity index (χ3v) is 4.56. The molecule has 0 fully saturated rings. The first-order valence-corrected chi connectivity index (χ1v) is 10.2. The van der Waals surface area contributed by atoms with Crippen molar-refractivity contribution in [2.75, 3.05) is 11.9 Å². The Morgan fingerprint density at radius 2 is 1.74 bits per heavy atom. The molecule has 160 valence electrons. The van der Waals surface area contributed by atoms with E-state index in [1.165, 1.54) is 5.56 Å². The number of hydrazone groups is 1. The van der Waals surface area contributed by atoms with Gasteiger partial charge in [0, 0.05) is 5.69 Å². The fourth-order valence-electron chi connectivity index (χ4n) is 2.87. The van der Waals surface area contributed by atoms with Crippen molar-refractivity contribution in [3.63, 3.8) is 0 Å². The van der Waals surface area contributed by atoms with Crippen LogP contribution in [0.2, 0.25) is 0 Å². The quantitative estimate of drug-likeness (QED) is 0.379. The Morgan fingerprint density at radius 1 is 0.968 bits per heavy atom. The first-order chi connectivity index (χ1) is 15.0. The number of rotatable bonds is 8. The number of para-hydroxylation sites is 1. The number of hydrogen-bond acceptors (Lipinski definition) is 4. The molecule has 0 spiro atoms. The summed E-state index contributed by atoms with van der Waals surface area (Å²) >= 11 is 0. The molecule has 6 heteroatoms. The van der Waals surface area contributed by atoms with Gasteiger partial charge in [-0.2, -0.15) is 5.10 Å². The summed E-state index contributed by atoms with van der Waals surface area (Å²) in [5.74, 6) is 1.28. The fraction of sp³-hybridized carbons (Fsp3) is 0.200. The van der Waals surface area contributed by atoms with E-state index in [4.69, 9.17) is 9.47 Å². The van der Waals surface area contributed by atoms with Crippen LogP contribution in [0.3, 0.4) is 0 Å². The van der Waals surface area contributed by atoms with Crippen molar-refractivity contribution in [3.05, 3.63) is 89.0 Å². The Bertz CT molecular complexity index is 1050. The molecule has 0 saturated carbocycles. The summed E-state index contributed by atoms with van der Waals surface area (Å²) in [5.41, 5.74) is 7.26. The van der Waals surface area contributed by atoms with Gasteiger partial charge in [-0.05, 0) is 61.7 Å². The topological polar surface area (TPSA) is 72.0 Å². The van der Waals surface area contributed by atoms with Gasteiger partial charge in [0.1, 0.15) is 6.61 Å². The lowest BCUT2D eigenvalue weighted by molar-refractivity contribution is 0.252. The molecule has 0 aliphatic rings. The molecule has 31 heavy (non-hydrogen) atoms. The molecule has 0 radical (unpaired) electrons. The zero-order valence-corrected chi connectivity index (χ0v) is 18.0. The standard InChI is InChI=1S/C25H27N3O3/c1-4-30-24-15-21(13-14-23(24)31-17-20-11-9-18(2)10-12-20)16-26-28-25(29)27-22-8-6-5-7-19(22)3/h5-16H,4,17H2,1-3H3,(H2,27,28,29). The molecular formula is C25H27N3O3.